The number of hydrogen-bond acceptors (Lipinski definition) is 3. The summed E-state index contributed by atoms with van der Waals surface area (Å²) >= 11 is 0. The standard InChI is InChI=1S/C9H11N3O2/c1-2-11-9(10)7-3-5-8(6-4-7)12(13)14/h3-6H,2H2,1H3,(H2,10,11). The summed E-state index contributed by atoms with van der Waals surface area (Å²) in [6, 6.07) is 6.00. The van der Waals surface area contributed by atoms with Gasteiger partial charge in [0.15, 0.2) is 0 Å². The summed E-state index contributed by atoms with van der Waals surface area (Å²) in [6.45, 7) is 2.47. The third-order valence-corrected chi connectivity index (χ3v) is 1.70. The van der Waals surface area contributed by atoms with Gasteiger partial charge in [-0.25, -0.2) is 0 Å². The molecule has 0 atom stereocenters. The summed E-state index contributed by atoms with van der Waals surface area (Å²) in [5.74, 6) is 0.405. The minimum absolute atomic E-state index is 0.0537. The van der Waals surface area contributed by atoms with Gasteiger partial charge in [0.05, 0.1) is 4.92 Å². The zero-order chi connectivity index (χ0) is 10.6. The molecule has 0 aliphatic heterocycles. The van der Waals surface area contributed by atoms with Crippen molar-refractivity contribution < 1.29 is 4.92 Å². The molecule has 74 valence electrons. The van der Waals surface area contributed by atoms with Crippen LogP contribution in [0.3, 0.4) is 0 Å². The van der Waals surface area contributed by atoms with Crippen LogP contribution in [0.25, 0.3) is 0 Å². The molecule has 0 bridgehead atoms. The Morgan fingerprint density at radius 1 is 1.50 bits per heavy atom. The van der Waals surface area contributed by atoms with Gasteiger partial charge in [-0.2, -0.15) is 0 Å². The summed E-state index contributed by atoms with van der Waals surface area (Å²) < 4.78 is 0. The Bertz CT molecular complexity index is 357. The topological polar surface area (TPSA) is 81.5 Å². The molecule has 0 spiro atoms. The minimum atomic E-state index is -0.447. The van der Waals surface area contributed by atoms with Gasteiger partial charge in [0.2, 0.25) is 0 Å². The van der Waals surface area contributed by atoms with Gasteiger partial charge in [-0.15, -0.1) is 0 Å². The normalized spacial score (nSPS) is 11.4. The van der Waals surface area contributed by atoms with E-state index in [4.69, 9.17) is 5.73 Å². The van der Waals surface area contributed by atoms with Crippen LogP contribution in [0.2, 0.25) is 0 Å². The second-order valence-corrected chi connectivity index (χ2v) is 2.66. The zero-order valence-electron chi connectivity index (χ0n) is 7.80. The first-order valence-electron chi connectivity index (χ1n) is 4.20. The fraction of sp³-hybridized carbons (Fsp3) is 0.222. The molecule has 1 aromatic rings. The lowest BCUT2D eigenvalue weighted by Gasteiger charge is -1.99. The predicted molar refractivity (Wildman–Crippen MR) is 54.4 cm³/mol. The van der Waals surface area contributed by atoms with Crippen LogP contribution in [0.5, 0.6) is 0 Å². The van der Waals surface area contributed by atoms with E-state index >= 15 is 0 Å². The highest BCUT2D eigenvalue weighted by molar-refractivity contribution is 5.97. The van der Waals surface area contributed by atoms with Crippen LogP contribution in [0.4, 0.5) is 5.69 Å². The highest BCUT2D eigenvalue weighted by atomic mass is 16.6. The molecule has 0 saturated heterocycles. The van der Waals surface area contributed by atoms with Crippen LogP contribution in [0.1, 0.15) is 12.5 Å². The summed E-state index contributed by atoms with van der Waals surface area (Å²) in [6.07, 6.45) is 0. The monoisotopic (exact) mass is 193 g/mol. The number of amidine groups is 1. The average Bonchev–Trinajstić information content (AvgIpc) is 2.18. The molecule has 0 amide bonds. The van der Waals surface area contributed by atoms with Crippen LogP contribution in [-0.4, -0.2) is 17.3 Å². The van der Waals surface area contributed by atoms with Crippen LogP contribution in [0.15, 0.2) is 29.3 Å². The number of hydrogen-bond donors (Lipinski definition) is 1. The number of nitrogens with two attached hydrogens (primary N) is 1. The molecule has 0 radical (unpaired) electrons. The van der Waals surface area contributed by atoms with Gasteiger partial charge in [0, 0.05) is 24.2 Å². The SMILES string of the molecule is CCN=C(N)c1ccc([N+](=O)[O-])cc1. The molecular weight excluding hydrogens is 182 g/mol. The molecule has 0 aromatic heterocycles. The predicted octanol–water partition coefficient (Wildman–Crippen LogP) is 1.32. The van der Waals surface area contributed by atoms with E-state index in [2.05, 4.69) is 4.99 Å². The molecular formula is C9H11N3O2. The van der Waals surface area contributed by atoms with E-state index in [-0.39, 0.29) is 5.69 Å². The molecule has 5 nitrogen and oxygen atoms in total. The Balaban J connectivity index is 2.94. The lowest BCUT2D eigenvalue weighted by Crippen LogP contribution is -2.13. The Labute approximate surface area is 81.4 Å². The Kier molecular flexibility index (Phi) is 3.17. The van der Waals surface area contributed by atoms with E-state index < -0.39 is 4.92 Å². The summed E-state index contributed by atoms with van der Waals surface area (Å²) in [7, 11) is 0. The second-order valence-electron chi connectivity index (χ2n) is 2.66. The van der Waals surface area contributed by atoms with Crippen molar-refractivity contribution in [3.8, 4) is 0 Å². The molecule has 1 rings (SSSR count). The highest BCUT2D eigenvalue weighted by Crippen LogP contribution is 2.11. The fourth-order valence-electron chi connectivity index (χ4n) is 1.02. The van der Waals surface area contributed by atoms with Crippen molar-refractivity contribution in [1.29, 1.82) is 0 Å². The maximum absolute atomic E-state index is 10.4. The van der Waals surface area contributed by atoms with Crippen LogP contribution >= 0.6 is 0 Å². The molecule has 14 heavy (non-hydrogen) atoms. The van der Waals surface area contributed by atoms with Crippen LogP contribution in [0, 0.1) is 10.1 Å². The van der Waals surface area contributed by atoms with Crippen molar-refractivity contribution in [3.05, 3.63) is 39.9 Å². The maximum Gasteiger partial charge on any atom is 0.269 e. The Morgan fingerprint density at radius 2 is 2.07 bits per heavy atom. The van der Waals surface area contributed by atoms with Gasteiger partial charge in [-0.3, -0.25) is 15.1 Å². The van der Waals surface area contributed by atoms with Gasteiger partial charge in [-0.1, -0.05) is 0 Å². The number of benzene rings is 1. The first-order valence-corrected chi connectivity index (χ1v) is 4.20. The van der Waals surface area contributed by atoms with E-state index in [1.807, 2.05) is 6.92 Å². The van der Waals surface area contributed by atoms with E-state index in [0.29, 0.717) is 17.9 Å². The van der Waals surface area contributed by atoms with Crippen molar-refractivity contribution >= 4 is 11.5 Å². The number of nitro benzene ring substituents is 1. The molecule has 0 saturated carbocycles. The Morgan fingerprint density at radius 3 is 2.50 bits per heavy atom. The molecule has 1 aromatic carbocycles. The fourth-order valence-corrected chi connectivity index (χ4v) is 1.02. The summed E-state index contributed by atoms with van der Waals surface area (Å²) in [4.78, 5) is 13.9. The second kappa shape index (κ2) is 4.36. The van der Waals surface area contributed by atoms with Crippen LogP contribution < -0.4 is 5.73 Å². The van der Waals surface area contributed by atoms with E-state index in [9.17, 15) is 10.1 Å². The van der Waals surface area contributed by atoms with Crippen molar-refractivity contribution in [1.82, 2.24) is 0 Å². The van der Waals surface area contributed by atoms with Gasteiger partial charge in [0.25, 0.3) is 5.69 Å². The smallest absolute Gasteiger partial charge is 0.269 e. The highest BCUT2D eigenvalue weighted by Gasteiger charge is 2.04. The van der Waals surface area contributed by atoms with Gasteiger partial charge >= 0.3 is 0 Å². The first kappa shape index (κ1) is 10.2. The molecule has 0 heterocycles. The summed E-state index contributed by atoms with van der Waals surface area (Å²) in [5.41, 5.74) is 6.37. The zero-order valence-corrected chi connectivity index (χ0v) is 7.80. The van der Waals surface area contributed by atoms with Crippen LogP contribution in [-0.2, 0) is 0 Å². The number of rotatable bonds is 3. The van der Waals surface area contributed by atoms with Gasteiger partial charge < -0.3 is 5.73 Å². The number of aliphatic imine (C=N–C) groups is 1. The van der Waals surface area contributed by atoms with E-state index in [1.165, 1.54) is 12.1 Å². The first-order chi connectivity index (χ1) is 6.65. The lowest BCUT2D eigenvalue weighted by atomic mass is 10.2. The molecule has 2 N–H and O–H groups in total. The third-order valence-electron chi connectivity index (χ3n) is 1.70. The molecule has 0 aliphatic rings. The number of nitro groups is 1. The average molecular weight is 193 g/mol. The third kappa shape index (κ3) is 2.29. The number of nitrogens with zero attached hydrogens (tertiary/aromatic N) is 2. The van der Waals surface area contributed by atoms with Crippen molar-refractivity contribution in [2.24, 2.45) is 10.7 Å². The van der Waals surface area contributed by atoms with Crippen molar-refractivity contribution in [2.45, 2.75) is 6.92 Å². The maximum atomic E-state index is 10.4. The van der Waals surface area contributed by atoms with Gasteiger partial charge in [-0.05, 0) is 19.1 Å². The molecule has 0 unspecified atom stereocenters. The largest absolute Gasteiger partial charge is 0.384 e. The molecule has 0 aliphatic carbocycles. The van der Waals surface area contributed by atoms with Crippen molar-refractivity contribution in [2.75, 3.05) is 6.54 Å². The Hall–Kier alpha value is -1.91. The summed E-state index contributed by atoms with van der Waals surface area (Å²) in [5, 5.41) is 10.4. The molecule has 0 fully saturated rings. The van der Waals surface area contributed by atoms with E-state index in [0.717, 1.165) is 0 Å². The van der Waals surface area contributed by atoms with E-state index in [1.54, 1.807) is 12.1 Å². The minimum Gasteiger partial charge on any atom is -0.384 e. The van der Waals surface area contributed by atoms with Crippen molar-refractivity contribution in [3.63, 3.8) is 0 Å². The van der Waals surface area contributed by atoms with Gasteiger partial charge in [0.1, 0.15) is 5.84 Å². The quantitative estimate of drug-likeness (QED) is 0.340. The lowest BCUT2D eigenvalue weighted by molar-refractivity contribution is -0.384. The number of non-ortho nitro benzene ring substituents is 1. The molecule has 5 heteroatoms.